The van der Waals surface area contributed by atoms with Crippen LogP contribution in [0.1, 0.15) is 23.1 Å². The van der Waals surface area contributed by atoms with Crippen LogP contribution in [0, 0.1) is 6.92 Å². The van der Waals surface area contributed by atoms with E-state index in [1.165, 1.54) is 5.56 Å². The van der Waals surface area contributed by atoms with E-state index in [1.807, 2.05) is 24.3 Å². The maximum absolute atomic E-state index is 9.68. The summed E-state index contributed by atoms with van der Waals surface area (Å²) < 4.78 is 5.36. The summed E-state index contributed by atoms with van der Waals surface area (Å²) in [5.74, 6) is 1.23. The molecule has 0 aromatic heterocycles. The van der Waals surface area contributed by atoms with Gasteiger partial charge in [-0.1, -0.05) is 24.3 Å². The molecular formula is C22H30N2O3. The minimum atomic E-state index is 0.197. The molecule has 1 unspecified atom stereocenters. The van der Waals surface area contributed by atoms with Gasteiger partial charge in [0.2, 0.25) is 0 Å². The first-order chi connectivity index (χ1) is 13.1. The number of nitrogens with zero attached hydrogens (tertiary/aromatic N) is 2. The Morgan fingerprint density at radius 1 is 1.07 bits per heavy atom. The molecule has 1 fully saturated rings. The summed E-state index contributed by atoms with van der Waals surface area (Å²) in [6, 6.07) is 14.1. The van der Waals surface area contributed by atoms with E-state index in [0.717, 1.165) is 56.0 Å². The van der Waals surface area contributed by atoms with Crippen molar-refractivity contribution in [2.45, 2.75) is 32.5 Å². The van der Waals surface area contributed by atoms with E-state index < -0.39 is 0 Å². The molecule has 0 bridgehead atoms. The number of ether oxygens (including phenoxy) is 1. The predicted octanol–water partition coefficient (Wildman–Crippen LogP) is 2.78. The molecule has 5 heteroatoms. The molecule has 5 nitrogen and oxygen atoms in total. The van der Waals surface area contributed by atoms with Crippen molar-refractivity contribution in [2.24, 2.45) is 0 Å². The van der Waals surface area contributed by atoms with Crippen molar-refractivity contribution in [3.05, 3.63) is 59.2 Å². The number of hydrogen-bond donors (Lipinski definition) is 2. The number of benzene rings is 2. The SMILES string of the molecule is COc1ccc(CN2CCN(Cc3cccc(O)c3)CC2CCO)cc1C. The van der Waals surface area contributed by atoms with Crippen LogP contribution in [0.5, 0.6) is 11.5 Å². The van der Waals surface area contributed by atoms with Crippen LogP contribution in [-0.2, 0) is 13.1 Å². The smallest absolute Gasteiger partial charge is 0.121 e. The minimum absolute atomic E-state index is 0.197. The molecule has 0 amide bonds. The van der Waals surface area contributed by atoms with Crippen LogP contribution < -0.4 is 4.74 Å². The van der Waals surface area contributed by atoms with Gasteiger partial charge in [-0.05, 0) is 48.2 Å². The van der Waals surface area contributed by atoms with Gasteiger partial charge >= 0.3 is 0 Å². The summed E-state index contributed by atoms with van der Waals surface area (Å²) in [6.45, 7) is 6.84. The quantitative estimate of drug-likeness (QED) is 0.785. The van der Waals surface area contributed by atoms with Crippen LogP contribution in [0.2, 0.25) is 0 Å². The van der Waals surface area contributed by atoms with Gasteiger partial charge in [0.25, 0.3) is 0 Å². The zero-order valence-electron chi connectivity index (χ0n) is 16.3. The molecule has 1 saturated heterocycles. The van der Waals surface area contributed by atoms with E-state index in [2.05, 4.69) is 28.9 Å². The molecular weight excluding hydrogens is 340 g/mol. The molecule has 2 N–H and O–H groups in total. The molecule has 1 heterocycles. The molecule has 3 rings (SSSR count). The fourth-order valence-electron chi connectivity index (χ4n) is 3.92. The standard InChI is InChI=1S/C22H30N2O3/c1-17-12-19(6-7-22(17)27-2)15-24-10-9-23(16-20(24)8-11-25)14-18-4-3-5-21(26)13-18/h3-7,12-13,20,25-26H,8-11,14-16H2,1-2H3. The van der Waals surface area contributed by atoms with Crippen molar-refractivity contribution >= 4 is 0 Å². The van der Waals surface area contributed by atoms with Crippen LogP contribution >= 0.6 is 0 Å². The van der Waals surface area contributed by atoms with Gasteiger partial charge in [0.05, 0.1) is 7.11 Å². The highest BCUT2D eigenvalue weighted by Crippen LogP contribution is 2.23. The normalized spacial score (nSPS) is 18.6. The van der Waals surface area contributed by atoms with Crippen LogP contribution in [0.3, 0.4) is 0 Å². The summed E-state index contributed by atoms with van der Waals surface area (Å²) in [6.07, 6.45) is 0.770. The van der Waals surface area contributed by atoms with Gasteiger partial charge in [0.15, 0.2) is 0 Å². The molecule has 0 aliphatic carbocycles. The zero-order chi connectivity index (χ0) is 19.2. The molecule has 1 aliphatic heterocycles. The van der Waals surface area contributed by atoms with Crippen LogP contribution in [0.15, 0.2) is 42.5 Å². The van der Waals surface area contributed by atoms with Gasteiger partial charge in [0.1, 0.15) is 11.5 Å². The molecule has 1 atom stereocenters. The third kappa shape index (κ3) is 5.22. The number of rotatable bonds is 7. The predicted molar refractivity (Wildman–Crippen MR) is 107 cm³/mol. The maximum Gasteiger partial charge on any atom is 0.121 e. The van der Waals surface area contributed by atoms with Crippen molar-refractivity contribution in [2.75, 3.05) is 33.4 Å². The highest BCUT2D eigenvalue weighted by Gasteiger charge is 2.26. The average molecular weight is 370 g/mol. The number of methoxy groups -OCH3 is 1. The Kier molecular flexibility index (Phi) is 6.72. The van der Waals surface area contributed by atoms with E-state index >= 15 is 0 Å². The van der Waals surface area contributed by atoms with E-state index in [0.29, 0.717) is 11.8 Å². The molecule has 0 saturated carbocycles. The number of phenols is 1. The van der Waals surface area contributed by atoms with Crippen molar-refractivity contribution < 1.29 is 14.9 Å². The van der Waals surface area contributed by atoms with Gasteiger partial charge in [0, 0.05) is 45.4 Å². The second kappa shape index (κ2) is 9.22. The minimum Gasteiger partial charge on any atom is -0.508 e. The van der Waals surface area contributed by atoms with E-state index in [-0.39, 0.29) is 6.61 Å². The average Bonchev–Trinajstić information content (AvgIpc) is 2.64. The number of phenolic OH excluding ortho intramolecular Hbond substituents is 1. The highest BCUT2D eigenvalue weighted by atomic mass is 16.5. The summed E-state index contributed by atoms with van der Waals surface area (Å²) >= 11 is 0. The molecule has 2 aromatic carbocycles. The highest BCUT2D eigenvalue weighted by molar-refractivity contribution is 5.36. The Hall–Kier alpha value is -2.08. The number of aromatic hydroxyl groups is 1. The van der Waals surface area contributed by atoms with Gasteiger partial charge in [-0.15, -0.1) is 0 Å². The molecule has 0 radical (unpaired) electrons. The first-order valence-corrected chi connectivity index (χ1v) is 9.57. The van der Waals surface area contributed by atoms with Crippen LogP contribution in [0.25, 0.3) is 0 Å². The van der Waals surface area contributed by atoms with Gasteiger partial charge in [-0.3, -0.25) is 9.80 Å². The number of aliphatic hydroxyl groups excluding tert-OH is 1. The molecule has 146 valence electrons. The van der Waals surface area contributed by atoms with Crippen molar-refractivity contribution in [1.82, 2.24) is 9.80 Å². The summed E-state index contributed by atoms with van der Waals surface area (Å²) in [5.41, 5.74) is 3.55. The lowest BCUT2D eigenvalue weighted by Gasteiger charge is -2.41. The van der Waals surface area contributed by atoms with E-state index in [1.54, 1.807) is 13.2 Å². The zero-order valence-corrected chi connectivity index (χ0v) is 16.3. The van der Waals surface area contributed by atoms with Crippen molar-refractivity contribution in [1.29, 1.82) is 0 Å². The molecule has 0 spiro atoms. The van der Waals surface area contributed by atoms with Gasteiger partial charge in [-0.2, -0.15) is 0 Å². The van der Waals surface area contributed by atoms with Gasteiger partial charge in [-0.25, -0.2) is 0 Å². The van der Waals surface area contributed by atoms with Crippen LogP contribution in [-0.4, -0.2) is 59.4 Å². The summed E-state index contributed by atoms with van der Waals surface area (Å²) in [7, 11) is 1.70. The number of hydrogen-bond acceptors (Lipinski definition) is 5. The number of piperazine rings is 1. The van der Waals surface area contributed by atoms with E-state index in [9.17, 15) is 10.2 Å². The first kappa shape index (κ1) is 19.7. The Bertz CT molecular complexity index is 750. The largest absolute Gasteiger partial charge is 0.508 e. The Morgan fingerprint density at radius 2 is 1.89 bits per heavy atom. The Balaban J connectivity index is 1.64. The Morgan fingerprint density at radius 3 is 2.59 bits per heavy atom. The maximum atomic E-state index is 9.68. The number of aryl methyl sites for hydroxylation is 1. The van der Waals surface area contributed by atoms with Crippen LogP contribution in [0.4, 0.5) is 0 Å². The van der Waals surface area contributed by atoms with E-state index in [4.69, 9.17) is 4.74 Å². The molecule has 2 aromatic rings. The lowest BCUT2D eigenvalue weighted by atomic mass is 10.0. The second-order valence-corrected chi connectivity index (χ2v) is 7.35. The lowest BCUT2D eigenvalue weighted by molar-refractivity contribution is 0.0499. The van der Waals surface area contributed by atoms with Gasteiger partial charge < -0.3 is 14.9 Å². The fourth-order valence-corrected chi connectivity index (χ4v) is 3.92. The lowest BCUT2D eigenvalue weighted by Crippen LogP contribution is -2.52. The fraction of sp³-hybridized carbons (Fsp3) is 0.455. The summed E-state index contributed by atoms with van der Waals surface area (Å²) in [4.78, 5) is 4.88. The molecule has 27 heavy (non-hydrogen) atoms. The van der Waals surface area contributed by atoms with Crippen molar-refractivity contribution in [3.63, 3.8) is 0 Å². The Labute approximate surface area is 161 Å². The first-order valence-electron chi connectivity index (χ1n) is 9.57. The summed E-state index contributed by atoms with van der Waals surface area (Å²) in [5, 5.41) is 19.2. The second-order valence-electron chi connectivity index (χ2n) is 7.35. The number of aliphatic hydroxyl groups is 1. The topological polar surface area (TPSA) is 56.2 Å². The van der Waals surface area contributed by atoms with Crippen molar-refractivity contribution in [3.8, 4) is 11.5 Å². The monoisotopic (exact) mass is 370 g/mol. The molecule has 1 aliphatic rings. The third-order valence-corrected chi connectivity index (χ3v) is 5.31. The third-order valence-electron chi connectivity index (χ3n) is 5.31.